The van der Waals surface area contributed by atoms with Gasteiger partial charge in [0.25, 0.3) is 0 Å². The minimum absolute atomic E-state index is 0.347. The van der Waals surface area contributed by atoms with Crippen LogP contribution in [0, 0.1) is 13.8 Å². The van der Waals surface area contributed by atoms with Crippen LogP contribution >= 0.6 is 11.6 Å². The molecule has 0 aliphatic heterocycles. The van der Waals surface area contributed by atoms with E-state index in [1.54, 1.807) is 12.1 Å². The maximum atomic E-state index is 5.85. The van der Waals surface area contributed by atoms with Gasteiger partial charge >= 0.3 is 6.01 Å². The predicted molar refractivity (Wildman–Crippen MR) is 63.0 cm³/mol. The van der Waals surface area contributed by atoms with Crippen molar-refractivity contribution < 1.29 is 4.74 Å². The van der Waals surface area contributed by atoms with Gasteiger partial charge in [0.05, 0.1) is 0 Å². The molecule has 0 fully saturated rings. The van der Waals surface area contributed by atoms with Gasteiger partial charge in [0, 0.05) is 16.4 Å². The second-order valence-electron chi connectivity index (χ2n) is 3.49. The molecule has 0 unspecified atom stereocenters. The number of rotatable bonds is 2. The molecule has 1 aromatic carbocycles. The third kappa shape index (κ3) is 2.70. The molecule has 16 heavy (non-hydrogen) atoms. The van der Waals surface area contributed by atoms with E-state index in [0.717, 1.165) is 11.4 Å². The van der Waals surface area contributed by atoms with Gasteiger partial charge in [-0.3, -0.25) is 0 Å². The monoisotopic (exact) mass is 234 g/mol. The lowest BCUT2D eigenvalue weighted by molar-refractivity contribution is 0.439. The van der Waals surface area contributed by atoms with E-state index in [9.17, 15) is 0 Å². The zero-order valence-electron chi connectivity index (χ0n) is 9.07. The van der Waals surface area contributed by atoms with Crippen LogP contribution in [0.1, 0.15) is 11.4 Å². The van der Waals surface area contributed by atoms with Crippen molar-refractivity contribution in [3.8, 4) is 11.8 Å². The standard InChI is InChI=1S/C12H11ClN2O/c1-8-6-9(2)15-12(14-8)16-11-5-3-4-10(13)7-11/h3-7H,1-2H3. The van der Waals surface area contributed by atoms with Gasteiger partial charge in [-0.1, -0.05) is 17.7 Å². The normalized spacial score (nSPS) is 10.2. The molecule has 2 rings (SSSR count). The molecule has 4 heteroatoms. The van der Waals surface area contributed by atoms with E-state index in [4.69, 9.17) is 16.3 Å². The Kier molecular flexibility index (Phi) is 3.06. The maximum absolute atomic E-state index is 5.85. The van der Waals surface area contributed by atoms with Crippen molar-refractivity contribution >= 4 is 11.6 Å². The van der Waals surface area contributed by atoms with Crippen LogP contribution in [0.5, 0.6) is 11.8 Å². The van der Waals surface area contributed by atoms with Crippen LogP contribution < -0.4 is 4.74 Å². The van der Waals surface area contributed by atoms with Gasteiger partial charge in [0.15, 0.2) is 0 Å². The lowest BCUT2D eigenvalue weighted by Crippen LogP contribution is -1.95. The Morgan fingerprint density at radius 2 is 1.75 bits per heavy atom. The average Bonchev–Trinajstić information content (AvgIpc) is 2.15. The van der Waals surface area contributed by atoms with E-state index in [0.29, 0.717) is 16.8 Å². The zero-order valence-corrected chi connectivity index (χ0v) is 9.82. The Hall–Kier alpha value is -1.61. The first-order chi connectivity index (χ1) is 7.63. The summed E-state index contributed by atoms with van der Waals surface area (Å²) in [4.78, 5) is 8.37. The van der Waals surface area contributed by atoms with Crippen LogP contribution in [0.15, 0.2) is 30.3 Å². The van der Waals surface area contributed by atoms with Crippen LogP contribution in [0.4, 0.5) is 0 Å². The second-order valence-corrected chi connectivity index (χ2v) is 3.93. The van der Waals surface area contributed by atoms with Gasteiger partial charge in [0.2, 0.25) is 0 Å². The largest absolute Gasteiger partial charge is 0.424 e. The zero-order chi connectivity index (χ0) is 11.5. The fraction of sp³-hybridized carbons (Fsp3) is 0.167. The van der Waals surface area contributed by atoms with Crippen LogP contribution in [-0.4, -0.2) is 9.97 Å². The average molecular weight is 235 g/mol. The summed E-state index contributed by atoms with van der Waals surface area (Å²) in [6.07, 6.45) is 0. The molecule has 1 heterocycles. The number of benzene rings is 1. The minimum Gasteiger partial charge on any atom is -0.424 e. The van der Waals surface area contributed by atoms with Crippen LogP contribution in [0.3, 0.4) is 0 Å². The van der Waals surface area contributed by atoms with Gasteiger partial charge in [-0.25, -0.2) is 9.97 Å². The SMILES string of the molecule is Cc1cc(C)nc(Oc2cccc(Cl)c2)n1. The highest BCUT2D eigenvalue weighted by atomic mass is 35.5. The minimum atomic E-state index is 0.347. The van der Waals surface area contributed by atoms with Crippen molar-refractivity contribution in [1.82, 2.24) is 9.97 Å². The molecule has 3 nitrogen and oxygen atoms in total. The fourth-order valence-electron chi connectivity index (χ4n) is 1.38. The van der Waals surface area contributed by atoms with Crippen molar-refractivity contribution in [2.75, 3.05) is 0 Å². The van der Waals surface area contributed by atoms with E-state index in [1.807, 2.05) is 32.0 Å². The highest BCUT2D eigenvalue weighted by Crippen LogP contribution is 2.21. The summed E-state index contributed by atoms with van der Waals surface area (Å²) in [5, 5.41) is 0.627. The summed E-state index contributed by atoms with van der Waals surface area (Å²) in [6, 6.07) is 9.39. The number of hydrogen-bond acceptors (Lipinski definition) is 3. The topological polar surface area (TPSA) is 35.0 Å². The van der Waals surface area contributed by atoms with Gasteiger partial charge in [0.1, 0.15) is 5.75 Å². The van der Waals surface area contributed by atoms with Crippen LogP contribution in [0.2, 0.25) is 5.02 Å². The number of halogens is 1. The van der Waals surface area contributed by atoms with Gasteiger partial charge in [-0.2, -0.15) is 0 Å². The molecule has 0 saturated carbocycles. The van der Waals surface area contributed by atoms with E-state index in [2.05, 4.69) is 9.97 Å². The van der Waals surface area contributed by atoms with E-state index < -0.39 is 0 Å². The molecule has 0 aliphatic carbocycles. The van der Waals surface area contributed by atoms with Crippen molar-refractivity contribution in [2.24, 2.45) is 0 Å². The molecule has 2 aromatic rings. The highest BCUT2D eigenvalue weighted by molar-refractivity contribution is 6.30. The predicted octanol–water partition coefficient (Wildman–Crippen LogP) is 3.54. The first-order valence-corrected chi connectivity index (χ1v) is 5.27. The van der Waals surface area contributed by atoms with Gasteiger partial charge in [-0.15, -0.1) is 0 Å². The molecule has 1 aromatic heterocycles. The Bertz CT molecular complexity index is 494. The summed E-state index contributed by atoms with van der Waals surface area (Å²) in [5.41, 5.74) is 1.76. The molecule has 0 N–H and O–H groups in total. The van der Waals surface area contributed by atoms with Gasteiger partial charge in [-0.05, 0) is 38.1 Å². The van der Waals surface area contributed by atoms with E-state index in [-0.39, 0.29) is 0 Å². The number of aryl methyl sites for hydroxylation is 2. The van der Waals surface area contributed by atoms with Crippen molar-refractivity contribution in [3.05, 3.63) is 46.7 Å². The lowest BCUT2D eigenvalue weighted by atomic mass is 10.3. The summed E-state index contributed by atoms with van der Waals surface area (Å²) < 4.78 is 5.51. The molecule has 0 amide bonds. The summed E-state index contributed by atoms with van der Waals surface area (Å²) in [7, 11) is 0. The molecular formula is C12H11ClN2O. The first kappa shape index (κ1) is 10.9. The summed E-state index contributed by atoms with van der Waals surface area (Å²) >= 11 is 5.85. The number of aromatic nitrogens is 2. The molecule has 0 bridgehead atoms. The van der Waals surface area contributed by atoms with E-state index >= 15 is 0 Å². The van der Waals surface area contributed by atoms with Crippen LogP contribution in [0.25, 0.3) is 0 Å². The Morgan fingerprint density at radius 1 is 1.06 bits per heavy atom. The summed E-state index contributed by atoms with van der Waals surface area (Å²) in [5.74, 6) is 0.637. The first-order valence-electron chi connectivity index (χ1n) is 4.89. The molecule has 0 spiro atoms. The van der Waals surface area contributed by atoms with E-state index in [1.165, 1.54) is 0 Å². The third-order valence-corrected chi connectivity index (χ3v) is 2.20. The molecule has 0 aliphatic rings. The maximum Gasteiger partial charge on any atom is 0.322 e. The molecule has 0 atom stereocenters. The third-order valence-electron chi connectivity index (χ3n) is 1.97. The molecular weight excluding hydrogens is 224 g/mol. The Labute approximate surface area is 99.1 Å². The second kappa shape index (κ2) is 4.49. The number of hydrogen-bond donors (Lipinski definition) is 0. The van der Waals surface area contributed by atoms with Crippen LogP contribution in [-0.2, 0) is 0 Å². The molecule has 0 saturated heterocycles. The Balaban J connectivity index is 2.27. The number of nitrogens with zero attached hydrogens (tertiary/aromatic N) is 2. The Morgan fingerprint density at radius 3 is 2.38 bits per heavy atom. The highest BCUT2D eigenvalue weighted by Gasteiger charge is 2.02. The van der Waals surface area contributed by atoms with Gasteiger partial charge < -0.3 is 4.74 Å². The summed E-state index contributed by atoms with van der Waals surface area (Å²) in [6.45, 7) is 3.80. The lowest BCUT2D eigenvalue weighted by Gasteiger charge is -2.05. The van der Waals surface area contributed by atoms with Crippen molar-refractivity contribution in [3.63, 3.8) is 0 Å². The smallest absolute Gasteiger partial charge is 0.322 e. The van der Waals surface area contributed by atoms with Crippen molar-refractivity contribution in [2.45, 2.75) is 13.8 Å². The quantitative estimate of drug-likeness (QED) is 0.797. The fourth-order valence-corrected chi connectivity index (χ4v) is 1.56. The number of ether oxygens (including phenoxy) is 1. The molecule has 82 valence electrons. The van der Waals surface area contributed by atoms with Crippen molar-refractivity contribution in [1.29, 1.82) is 0 Å². The molecule has 0 radical (unpaired) electrons.